The number of H-pyrrole nitrogens is 1. The van der Waals surface area contributed by atoms with Crippen molar-refractivity contribution in [2.45, 2.75) is 25.9 Å². The molecule has 0 bridgehead atoms. The fraction of sp³-hybridized carbons (Fsp3) is 0.318. The zero-order valence-corrected chi connectivity index (χ0v) is 16.0. The van der Waals surface area contributed by atoms with Gasteiger partial charge in [-0.3, -0.25) is 4.90 Å². The summed E-state index contributed by atoms with van der Waals surface area (Å²) in [6, 6.07) is 7.87. The van der Waals surface area contributed by atoms with E-state index in [1.807, 2.05) is 19.9 Å². The summed E-state index contributed by atoms with van der Waals surface area (Å²) in [5.74, 6) is -1.71. The molecule has 4 nitrogen and oxygen atoms in total. The highest BCUT2D eigenvalue weighted by atomic mass is 19.2. The smallest absolute Gasteiger partial charge is 0.166 e. The molecule has 3 aromatic rings. The number of aliphatic hydroxyl groups is 1. The molecule has 6 heteroatoms. The molecule has 0 saturated heterocycles. The van der Waals surface area contributed by atoms with E-state index in [0.717, 1.165) is 42.2 Å². The molecule has 0 atom stereocenters. The summed E-state index contributed by atoms with van der Waals surface area (Å²) in [5, 5.41) is 10.8. The summed E-state index contributed by atoms with van der Waals surface area (Å²) in [7, 11) is 0. The highest BCUT2D eigenvalue weighted by molar-refractivity contribution is 5.95. The molecule has 1 aromatic carbocycles. The van der Waals surface area contributed by atoms with Gasteiger partial charge < -0.3 is 10.1 Å². The fourth-order valence-electron chi connectivity index (χ4n) is 3.79. The average Bonchev–Trinajstić information content (AvgIpc) is 3.08. The first-order chi connectivity index (χ1) is 13.3. The Balaban J connectivity index is 1.67. The van der Waals surface area contributed by atoms with Crippen molar-refractivity contribution in [1.82, 2.24) is 14.9 Å². The Morgan fingerprint density at radius 2 is 2.04 bits per heavy atom. The number of nitrogens with one attached hydrogen (secondary N) is 1. The van der Waals surface area contributed by atoms with E-state index in [0.29, 0.717) is 17.8 Å². The monoisotopic (exact) mass is 383 g/mol. The maximum absolute atomic E-state index is 14.3. The molecule has 1 aliphatic heterocycles. The maximum atomic E-state index is 14.3. The van der Waals surface area contributed by atoms with Crippen molar-refractivity contribution in [2.75, 3.05) is 19.6 Å². The first-order valence-corrected chi connectivity index (χ1v) is 9.38. The SMILES string of the molecule is CC(C)(O)CN1CC=C(c2cc3c(-c4cccc(F)c4F)ccnc3[nH]2)CC1. The highest BCUT2D eigenvalue weighted by Gasteiger charge is 2.21. The number of nitrogens with zero attached hydrogens (tertiary/aromatic N) is 2. The quantitative estimate of drug-likeness (QED) is 0.704. The van der Waals surface area contributed by atoms with Gasteiger partial charge in [-0.15, -0.1) is 0 Å². The molecular formula is C22H23F2N3O. The minimum atomic E-state index is -0.861. The van der Waals surface area contributed by atoms with Crippen LogP contribution in [-0.4, -0.2) is 45.2 Å². The number of halogens is 2. The van der Waals surface area contributed by atoms with Crippen LogP contribution in [-0.2, 0) is 0 Å². The molecule has 0 radical (unpaired) electrons. The Hall–Kier alpha value is -2.57. The molecule has 146 valence electrons. The number of aromatic nitrogens is 2. The van der Waals surface area contributed by atoms with Gasteiger partial charge in [0.15, 0.2) is 11.6 Å². The third-order valence-electron chi connectivity index (χ3n) is 5.02. The van der Waals surface area contributed by atoms with Gasteiger partial charge in [0.2, 0.25) is 0 Å². The van der Waals surface area contributed by atoms with E-state index in [1.165, 1.54) is 6.07 Å². The summed E-state index contributed by atoms with van der Waals surface area (Å²) < 4.78 is 28.0. The van der Waals surface area contributed by atoms with Gasteiger partial charge in [0.25, 0.3) is 0 Å². The lowest BCUT2D eigenvalue weighted by Gasteiger charge is -2.31. The molecule has 0 amide bonds. The molecule has 4 rings (SSSR count). The number of fused-ring (bicyclic) bond motifs is 1. The molecule has 2 aromatic heterocycles. The van der Waals surface area contributed by atoms with Crippen molar-refractivity contribution in [3.8, 4) is 11.1 Å². The van der Waals surface area contributed by atoms with E-state index in [2.05, 4.69) is 20.9 Å². The predicted molar refractivity (Wildman–Crippen MR) is 107 cm³/mol. The number of β-amino-alcohol motifs (C(OH)–C–C–N with tert-alkyl or cyclic N) is 1. The van der Waals surface area contributed by atoms with Crippen molar-refractivity contribution in [3.05, 3.63) is 59.9 Å². The Morgan fingerprint density at radius 1 is 1.21 bits per heavy atom. The number of rotatable bonds is 4. The lowest BCUT2D eigenvalue weighted by Crippen LogP contribution is -2.40. The molecule has 0 aliphatic carbocycles. The van der Waals surface area contributed by atoms with Crippen molar-refractivity contribution in [3.63, 3.8) is 0 Å². The van der Waals surface area contributed by atoms with Crippen LogP contribution in [0.1, 0.15) is 26.0 Å². The second-order valence-electron chi connectivity index (χ2n) is 7.93. The van der Waals surface area contributed by atoms with E-state index in [-0.39, 0.29) is 5.56 Å². The summed E-state index contributed by atoms with van der Waals surface area (Å²) in [5.41, 5.74) is 2.87. The normalized spacial score (nSPS) is 15.8. The lowest BCUT2D eigenvalue weighted by molar-refractivity contribution is 0.0397. The summed E-state index contributed by atoms with van der Waals surface area (Å²) >= 11 is 0. The first-order valence-electron chi connectivity index (χ1n) is 9.38. The number of hydrogen-bond donors (Lipinski definition) is 2. The number of pyridine rings is 1. The van der Waals surface area contributed by atoms with Crippen LogP contribution >= 0.6 is 0 Å². The van der Waals surface area contributed by atoms with Crippen LogP contribution in [0.15, 0.2) is 42.6 Å². The maximum Gasteiger partial charge on any atom is 0.166 e. The van der Waals surface area contributed by atoms with Crippen molar-refractivity contribution >= 4 is 16.6 Å². The first kappa shape index (κ1) is 18.8. The van der Waals surface area contributed by atoms with Crippen molar-refractivity contribution in [1.29, 1.82) is 0 Å². The van der Waals surface area contributed by atoms with Gasteiger partial charge in [0, 0.05) is 42.5 Å². The zero-order valence-electron chi connectivity index (χ0n) is 16.0. The number of hydrogen-bond acceptors (Lipinski definition) is 3. The Morgan fingerprint density at radius 3 is 2.75 bits per heavy atom. The van der Waals surface area contributed by atoms with Crippen LogP contribution in [0.5, 0.6) is 0 Å². The molecule has 0 unspecified atom stereocenters. The molecule has 2 N–H and O–H groups in total. The van der Waals surface area contributed by atoms with Gasteiger partial charge in [0.05, 0.1) is 5.60 Å². The van der Waals surface area contributed by atoms with E-state index in [4.69, 9.17) is 0 Å². The second kappa shape index (κ2) is 7.11. The largest absolute Gasteiger partial charge is 0.389 e. The van der Waals surface area contributed by atoms with E-state index in [1.54, 1.807) is 18.3 Å². The molecule has 0 saturated carbocycles. The molecular weight excluding hydrogens is 360 g/mol. The van der Waals surface area contributed by atoms with E-state index in [9.17, 15) is 13.9 Å². The Bertz CT molecular complexity index is 1050. The van der Waals surface area contributed by atoms with Gasteiger partial charge in [0.1, 0.15) is 5.65 Å². The molecule has 1 aliphatic rings. The summed E-state index contributed by atoms with van der Waals surface area (Å²) in [6.07, 6.45) is 4.58. The molecule has 28 heavy (non-hydrogen) atoms. The standard InChI is InChI=1S/C22H23F2N3O/c1-22(2,28)13-27-10-7-14(8-11-27)19-12-17-15(6-9-25-21(17)26-19)16-4-3-5-18(23)20(16)24/h3-7,9,12,28H,8,10-11,13H2,1-2H3,(H,25,26). The van der Waals surface area contributed by atoms with Crippen LogP contribution in [0.2, 0.25) is 0 Å². The number of aromatic amines is 1. The average molecular weight is 383 g/mol. The molecule has 0 spiro atoms. The third-order valence-corrected chi connectivity index (χ3v) is 5.02. The lowest BCUT2D eigenvalue weighted by atomic mass is 10.0. The van der Waals surface area contributed by atoms with E-state index >= 15 is 0 Å². The van der Waals surface area contributed by atoms with Gasteiger partial charge in [-0.05, 0) is 49.6 Å². The van der Waals surface area contributed by atoms with Crippen molar-refractivity contribution in [2.24, 2.45) is 0 Å². The minimum absolute atomic E-state index is 0.229. The molecule has 0 fully saturated rings. The van der Waals surface area contributed by atoms with Crippen LogP contribution in [0.25, 0.3) is 27.7 Å². The van der Waals surface area contributed by atoms with Gasteiger partial charge in [-0.2, -0.15) is 0 Å². The van der Waals surface area contributed by atoms with Gasteiger partial charge >= 0.3 is 0 Å². The fourth-order valence-corrected chi connectivity index (χ4v) is 3.79. The number of benzene rings is 1. The highest BCUT2D eigenvalue weighted by Crippen LogP contribution is 2.33. The molecule has 3 heterocycles. The second-order valence-corrected chi connectivity index (χ2v) is 7.93. The summed E-state index contributed by atoms with van der Waals surface area (Å²) in [4.78, 5) is 9.87. The van der Waals surface area contributed by atoms with Gasteiger partial charge in [-0.1, -0.05) is 18.2 Å². The van der Waals surface area contributed by atoms with E-state index < -0.39 is 17.2 Å². The minimum Gasteiger partial charge on any atom is -0.389 e. The van der Waals surface area contributed by atoms with Crippen LogP contribution < -0.4 is 0 Å². The summed E-state index contributed by atoms with van der Waals surface area (Å²) in [6.45, 7) is 5.84. The van der Waals surface area contributed by atoms with Crippen molar-refractivity contribution < 1.29 is 13.9 Å². The predicted octanol–water partition coefficient (Wildman–Crippen LogP) is 4.37. The Kier molecular flexibility index (Phi) is 4.77. The third kappa shape index (κ3) is 3.70. The van der Waals surface area contributed by atoms with Gasteiger partial charge in [-0.25, -0.2) is 13.8 Å². The topological polar surface area (TPSA) is 52.1 Å². The van der Waals surface area contributed by atoms with Crippen LogP contribution in [0.4, 0.5) is 8.78 Å². The van der Waals surface area contributed by atoms with Crippen LogP contribution in [0.3, 0.4) is 0 Å². The Labute approximate surface area is 162 Å². The zero-order chi connectivity index (χ0) is 19.9. The van der Waals surface area contributed by atoms with Crippen LogP contribution in [0, 0.1) is 11.6 Å².